The summed E-state index contributed by atoms with van der Waals surface area (Å²) in [5.41, 5.74) is 0. The fraction of sp³-hybridized carbons (Fsp3) is 0.842. The quantitative estimate of drug-likeness (QED) is 0.217. The van der Waals surface area contributed by atoms with Gasteiger partial charge in [-0.25, -0.2) is 0 Å². The van der Waals surface area contributed by atoms with Crippen molar-refractivity contribution in [3.05, 3.63) is 12.2 Å². The molecule has 0 amide bonds. The molecule has 0 heterocycles. The van der Waals surface area contributed by atoms with Crippen molar-refractivity contribution in [2.45, 2.75) is 104 Å². The van der Waals surface area contributed by atoms with Gasteiger partial charge in [0.25, 0.3) is 0 Å². The van der Waals surface area contributed by atoms with E-state index in [1.165, 1.54) is 77.6 Å². The van der Waals surface area contributed by atoms with Crippen LogP contribution in [0.1, 0.15) is 97.8 Å². The summed E-state index contributed by atoms with van der Waals surface area (Å²) in [4.78, 5) is 10.8. The zero-order chi connectivity index (χ0) is 15.8. The molecule has 0 aliphatic rings. The topological polar surface area (TPSA) is 26.3 Å². The van der Waals surface area contributed by atoms with Crippen LogP contribution in [0.25, 0.3) is 0 Å². The molecule has 0 saturated carbocycles. The standard InChI is InChI=1S/C19H36O2/c1-4-5-6-7-8-9-10-11-12-13-14-15-16-17-18(2)21-19(3)20/h7-8,18H,4-6,9-17H2,1-3H3/t18-/m0/s1. The van der Waals surface area contributed by atoms with Crippen LogP contribution in [0.4, 0.5) is 0 Å². The molecule has 0 spiro atoms. The summed E-state index contributed by atoms with van der Waals surface area (Å²) >= 11 is 0. The number of carbonyl (C=O) groups excluding carboxylic acids is 1. The molecule has 0 aromatic heterocycles. The Bertz CT molecular complexity index is 258. The highest BCUT2D eigenvalue weighted by molar-refractivity contribution is 5.66. The fourth-order valence-electron chi connectivity index (χ4n) is 2.48. The van der Waals surface area contributed by atoms with Crippen LogP contribution in [0.5, 0.6) is 0 Å². The Labute approximate surface area is 132 Å². The Balaban J connectivity index is 3.15. The van der Waals surface area contributed by atoms with Gasteiger partial charge in [0.2, 0.25) is 0 Å². The van der Waals surface area contributed by atoms with Crippen molar-refractivity contribution in [1.29, 1.82) is 0 Å². The number of rotatable bonds is 14. The van der Waals surface area contributed by atoms with Crippen LogP contribution in [0, 0.1) is 0 Å². The van der Waals surface area contributed by atoms with Gasteiger partial charge >= 0.3 is 5.97 Å². The largest absolute Gasteiger partial charge is 0.463 e. The molecule has 0 unspecified atom stereocenters. The van der Waals surface area contributed by atoms with E-state index in [1.54, 1.807) is 0 Å². The first-order chi connectivity index (χ1) is 10.2. The fourth-order valence-corrected chi connectivity index (χ4v) is 2.48. The second-order valence-electron chi connectivity index (χ2n) is 6.09. The highest BCUT2D eigenvalue weighted by Crippen LogP contribution is 2.12. The van der Waals surface area contributed by atoms with E-state index in [-0.39, 0.29) is 12.1 Å². The molecule has 0 aromatic carbocycles. The minimum atomic E-state index is -0.161. The van der Waals surface area contributed by atoms with Crippen LogP contribution in [0.2, 0.25) is 0 Å². The van der Waals surface area contributed by atoms with Crippen LogP contribution in [0.3, 0.4) is 0 Å². The molecule has 21 heavy (non-hydrogen) atoms. The zero-order valence-corrected chi connectivity index (χ0v) is 14.5. The van der Waals surface area contributed by atoms with Crippen LogP contribution in [-0.4, -0.2) is 12.1 Å². The molecular weight excluding hydrogens is 260 g/mol. The van der Waals surface area contributed by atoms with E-state index in [0.717, 1.165) is 6.42 Å². The number of ether oxygens (including phenoxy) is 1. The number of allylic oxidation sites excluding steroid dienone is 2. The third-order valence-electron chi connectivity index (χ3n) is 3.74. The van der Waals surface area contributed by atoms with Gasteiger partial charge in [0.15, 0.2) is 0 Å². The van der Waals surface area contributed by atoms with Gasteiger partial charge in [-0.2, -0.15) is 0 Å². The van der Waals surface area contributed by atoms with Crippen LogP contribution < -0.4 is 0 Å². The van der Waals surface area contributed by atoms with Gasteiger partial charge in [-0.15, -0.1) is 0 Å². The lowest BCUT2D eigenvalue weighted by atomic mass is 10.1. The van der Waals surface area contributed by atoms with Crippen LogP contribution >= 0.6 is 0 Å². The van der Waals surface area contributed by atoms with Crippen molar-refractivity contribution in [2.24, 2.45) is 0 Å². The Morgan fingerprint density at radius 2 is 1.43 bits per heavy atom. The van der Waals surface area contributed by atoms with Crippen molar-refractivity contribution in [3.63, 3.8) is 0 Å². The van der Waals surface area contributed by atoms with E-state index in [0.29, 0.717) is 0 Å². The first-order valence-corrected chi connectivity index (χ1v) is 8.99. The van der Waals surface area contributed by atoms with Gasteiger partial charge in [0.05, 0.1) is 6.10 Å². The van der Waals surface area contributed by atoms with E-state index in [9.17, 15) is 4.79 Å². The summed E-state index contributed by atoms with van der Waals surface area (Å²) in [5, 5.41) is 0. The molecule has 0 radical (unpaired) electrons. The number of esters is 1. The zero-order valence-electron chi connectivity index (χ0n) is 14.5. The van der Waals surface area contributed by atoms with Crippen molar-refractivity contribution in [1.82, 2.24) is 0 Å². The highest BCUT2D eigenvalue weighted by atomic mass is 16.5. The molecule has 0 aliphatic carbocycles. The summed E-state index contributed by atoms with van der Waals surface area (Å²) in [6.45, 7) is 5.70. The lowest BCUT2D eigenvalue weighted by Gasteiger charge is -2.11. The summed E-state index contributed by atoms with van der Waals surface area (Å²) < 4.78 is 5.11. The smallest absolute Gasteiger partial charge is 0.302 e. The molecule has 2 heteroatoms. The van der Waals surface area contributed by atoms with Crippen LogP contribution in [-0.2, 0) is 9.53 Å². The normalized spacial score (nSPS) is 12.7. The maximum atomic E-state index is 10.8. The number of hydrogen-bond acceptors (Lipinski definition) is 2. The predicted octanol–water partition coefficient (Wildman–Crippen LogP) is 6.20. The van der Waals surface area contributed by atoms with Crippen molar-refractivity contribution in [2.75, 3.05) is 0 Å². The van der Waals surface area contributed by atoms with Crippen molar-refractivity contribution >= 4 is 5.97 Å². The molecule has 0 aromatic rings. The molecule has 0 N–H and O–H groups in total. The van der Waals surface area contributed by atoms with Gasteiger partial charge in [-0.3, -0.25) is 4.79 Å². The number of carbonyl (C=O) groups is 1. The minimum Gasteiger partial charge on any atom is -0.463 e. The Kier molecular flexibility index (Phi) is 15.0. The average Bonchev–Trinajstić information content (AvgIpc) is 2.43. The third kappa shape index (κ3) is 17.2. The summed E-state index contributed by atoms with van der Waals surface area (Å²) in [5.74, 6) is -0.161. The molecule has 0 fully saturated rings. The van der Waals surface area contributed by atoms with Gasteiger partial charge in [0, 0.05) is 6.92 Å². The maximum absolute atomic E-state index is 10.8. The van der Waals surface area contributed by atoms with E-state index < -0.39 is 0 Å². The van der Waals surface area contributed by atoms with Gasteiger partial charge in [-0.1, -0.05) is 64.0 Å². The Hall–Kier alpha value is -0.790. The molecule has 0 aliphatic heterocycles. The van der Waals surface area contributed by atoms with Crippen molar-refractivity contribution < 1.29 is 9.53 Å². The number of hydrogen-bond donors (Lipinski definition) is 0. The van der Waals surface area contributed by atoms with E-state index in [4.69, 9.17) is 4.74 Å². The molecule has 0 bridgehead atoms. The number of unbranched alkanes of at least 4 members (excludes halogenated alkanes) is 9. The van der Waals surface area contributed by atoms with Crippen molar-refractivity contribution in [3.8, 4) is 0 Å². The average molecular weight is 296 g/mol. The molecular formula is C19H36O2. The van der Waals surface area contributed by atoms with Gasteiger partial charge in [-0.05, 0) is 39.0 Å². The molecule has 2 nitrogen and oxygen atoms in total. The van der Waals surface area contributed by atoms with E-state index in [1.807, 2.05) is 6.92 Å². The predicted molar refractivity (Wildman–Crippen MR) is 91.4 cm³/mol. The third-order valence-corrected chi connectivity index (χ3v) is 3.74. The summed E-state index contributed by atoms with van der Waals surface area (Å²) in [6.07, 6.45) is 20.1. The van der Waals surface area contributed by atoms with Crippen LogP contribution in [0.15, 0.2) is 12.2 Å². The SMILES string of the molecule is CCCCC=CCCCCCCCCC[C@H](C)OC(C)=O. The van der Waals surface area contributed by atoms with Gasteiger partial charge < -0.3 is 4.74 Å². The molecule has 0 rings (SSSR count). The second kappa shape index (κ2) is 15.6. The molecule has 124 valence electrons. The lowest BCUT2D eigenvalue weighted by molar-refractivity contribution is -0.145. The summed E-state index contributed by atoms with van der Waals surface area (Å²) in [7, 11) is 0. The van der Waals surface area contributed by atoms with Gasteiger partial charge in [0.1, 0.15) is 0 Å². The lowest BCUT2D eigenvalue weighted by Crippen LogP contribution is -2.11. The Morgan fingerprint density at radius 1 is 0.905 bits per heavy atom. The summed E-state index contributed by atoms with van der Waals surface area (Å²) in [6, 6.07) is 0. The second-order valence-corrected chi connectivity index (χ2v) is 6.09. The first-order valence-electron chi connectivity index (χ1n) is 8.99. The van der Waals surface area contributed by atoms with E-state index >= 15 is 0 Å². The minimum absolute atomic E-state index is 0.0852. The first kappa shape index (κ1) is 20.2. The monoisotopic (exact) mass is 296 g/mol. The maximum Gasteiger partial charge on any atom is 0.302 e. The Morgan fingerprint density at radius 3 is 2.00 bits per heavy atom. The highest BCUT2D eigenvalue weighted by Gasteiger charge is 2.04. The molecule has 1 atom stereocenters. The van der Waals surface area contributed by atoms with E-state index in [2.05, 4.69) is 19.1 Å². The molecule has 0 saturated heterocycles.